The summed E-state index contributed by atoms with van der Waals surface area (Å²) in [5.74, 6) is 0.857. The van der Waals surface area contributed by atoms with Gasteiger partial charge in [-0.25, -0.2) is 4.98 Å². The van der Waals surface area contributed by atoms with Crippen LogP contribution in [-0.4, -0.2) is 17.1 Å². The molecular weight excluding hydrogens is 428 g/mol. The molecule has 2 heterocycles. The summed E-state index contributed by atoms with van der Waals surface area (Å²) in [5, 5.41) is 1.84. The molecule has 2 aromatic heterocycles. The van der Waals surface area contributed by atoms with E-state index in [1.54, 1.807) is 7.11 Å². The van der Waals surface area contributed by atoms with Gasteiger partial charge >= 0.3 is 0 Å². The zero-order valence-corrected chi connectivity index (χ0v) is 18.9. The summed E-state index contributed by atoms with van der Waals surface area (Å²) in [6, 6.07) is 28.7. The molecule has 0 fully saturated rings. The van der Waals surface area contributed by atoms with E-state index in [0.29, 0.717) is 5.02 Å². The Balaban J connectivity index is 1.66. The Morgan fingerprint density at radius 1 is 0.758 bits per heavy atom. The van der Waals surface area contributed by atoms with Crippen LogP contribution in [0.4, 0.5) is 0 Å². The molecule has 1 aliphatic carbocycles. The number of pyridine rings is 2. The molecule has 0 unspecified atom stereocenters. The maximum Gasteiger partial charge on any atom is 0.126 e. The fourth-order valence-electron chi connectivity index (χ4n) is 4.72. The molecule has 5 aromatic rings. The first-order valence-corrected chi connectivity index (χ1v) is 11.4. The van der Waals surface area contributed by atoms with E-state index in [1.165, 1.54) is 5.56 Å². The average Bonchev–Trinajstić information content (AvgIpc) is 2.87. The Kier molecular flexibility index (Phi) is 4.85. The standard InChI is InChI=1S/C29H21ClN2O/c1-33-28-9-5-3-7-21(28)23-17-27(18-10-12-20(30)13-11-18)32-29-22(23)14-15-26-24(29)16-19-6-2-4-8-25(19)31-26/h2-13,16-17H,14-15H2,1H3. The highest BCUT2D eigenvalue weighted by Crippen LogP contribution is 2.42. The van der Waals surface area contributed by atoms with Gasteiger partial charge in [-0.3, -0.25) is 4.98 Å². The number of aromatic nitrogens is 2. The molecule has 1 aliphatic rings. The molecule has 0 aliphatic heterocycles. The van der Waals surface area contributed by atoms with Gasteiger partial charge in [-0.05, 0) is 60.4 Å². The molecule has 33 heavy (non-hydrogen) atoms. The van der Waals surface area contributed by atoms with Crippen LogP contribution in [0.2, 0.25) is 5.02 Å². The number of aryl methyl sites for hydroxylation is 1. The van der Waals surface area contributed by atoms with Gasteiger partial charge in [0.2, 0.25) is 0 Å². The predicted octanol–water partition coefficient (Wildman–Crippen LogP) is 7.39. The number of para-hydroxylation sites is 2. The quantitative estimate of drug-likeness (QED) is 0.288. The van der Waals surface area contributed by atoms with Crippen molar-refractivity contribution >= 4 is 22.5 Å². The van der Waals surface area contributed by atoms with Crippen molar-refractivity contribution in [2.75, 3.05) is 7.11 Å². The Bertz CT molecular complexity index is 1510. The molecule has 0 saturated carbocycles. The first kappa shape index (κ1) is 20.0. The molecule has 0 saturated heterocycles. The van der Waals surface area contributed by atoms with Gasteiger partial charge in [0.05, 0.1) is 29.7 Å². The minimum absolute atomic E-state index is 0.711. The number of ether oxygens (including phenoxy) is 1. The van der Waals surface area contributed by atoms with Crippen molar-refractivity contribution < 1.29 is 4.74 Å². The SMILES string of the molecule is COc1ccccc1-c1cc(-c2ccc(Cl)cc2)nc2c1CCc1nc3ccccc3cc1-2. The van der Waals surface area contributed by atoms with Crippen LogP contribution < -0.4 is 4.74 Å². The molecule has 0 bridgehead atoms. The Morgan fingerprint density at radius 3 is 2.39 bits per heavy atom. The van der Waals surface area contributed by atoms with E-state index in [2.05, 4.69) is 42.5 Å². The highest BCUT2D eigenvalue weighted by atomic mass is 35.5. The van der Waals surface area contributed by atoms with Crippen molar-refractivity contribution in [3.8, 4) is 39.4 Å². The fraction of sp³-hybridized carbons (Fsp3) is 0.103. The first-order chi connectivity index (χ1) is 16.2. The minimum atomic E-state index is 0.711. The van der Waals surface area contributed by atoms with Gasteiger partial charge in [-0.1, -0.05) is 60.1 Å². The van der Waals surface area contributed by atoms with Gasteiger partial charge in [0, 0.05) is 27.1 Å². The molecule has 0 amide bonds. The number of methoxy groups -OCH3 is 1. The van der Waals surface area contributed by atoms with Crippen LogP contribution in [0.25, 0.3) is 44.5 Å². The van der Waals surface area contributed by atoms with Gasteiger partial charge in [-0.15, -0.1) is 0 Å². The monoisotopic (exact) mass is 448 g/mol. The number of hydrogen-bond donors (Lipinski definition) is 0. The van der Waals surface area contributed by atoms with Gasteiger partial charge in [0.1, 0.15) is 5.75 Å². The Morgan fingerprint density at radius 2 is 1.55 bits per heavy atom. The summed E-state index contributed by atoms with van der Waals surface area (Å²) < 4.78 is 5.73. The second kappa shape index (κ2) is 8.02. The third-order valence-corrected chi connectivity index (χ3v) is 6.58. The third kappa shape index (κ3) is 3.46. The topological polar surface area (TPSA) is 35.0 Å². The smallest absolute Gasteiger partial charge is 0.126 e. The van der Waals surface area contributed by atoms with E-state index >= 15 is 0 Å². The van der Waals surface area contributed by atoms with Gasteiger partial charge in [0.25, 0.3) is 0 Å². The van der Waals surface area contributed by atoms with Gasteiger partial charge < -0.3 is 4.74 Å². The lowest BCUT2D eigenvalue weighted by Gasteiger charge is -2.24. The van der Waals surface area contributed by atoms with Crippen LogP contribution in [0, 0.1) is 0 Å². The number of rotatable bonds is 3. The summed E-state index contributed by atoms with van der Waals surface area (Å²) in [5.41, 5.74) is 9.65. The molecular formula is C29H21ClN2O. The van der Waals surface area contributed by atoms with Crippen LogP contribution in [0.15, 0.2) is 84.9 Å². The van der Waals surface area contributed by atoms with E-state index < -0.39 is 0 Å². The van der Waals surface area contributed by atoms with Crippen molar-refractivity contribution in [1.82, 2.24) is 9.97 Å². The Labute approximate surface area is 197 Å². The highest BCUT2D eigenvalue weighted by Gasteiger charge is 2.25. The lowest BCUT2D eigenvalue weighted by atomic mass is 9.85. The molecule has 0 spiro atoms. The maximum absolute atomic E-state index is 6.16. The Hall–Kier alpha value is -3.69. The number of benzene rings is 3. The maximum atomic E-state index is 6.16. The predicted molar refractivity (Wildman–Crippen MR) is 135 cm³/mol. The van der Waals surface area contributed by atoms with Crippen LogP contribution in [0.1, 0.15) is 11.3 Å². The van der Waals surface area contributed by atoms with Crippen molar-refractivity contribution in [3.05, 3.63) is 101 Å². The number of fused-ring (bicyclic) bond motifs is 4. The lowest BCUT2D eigenvalue weighted by molar-refractivity contribution is 0.416. The lowest BCUT2D eigenvalue weighted by Crippen LogP contribution is -2.10. The van der Waals surface area contributed by atoms with Crippen LogP contribution >= 0.6 is 11.6 Å². The fourth-order valence-corrected chi connectivity index (χ4v) is 4.84. The second-order valence-electron chi connectivity index (χ2n) is 8.26. The zero-order valence-electron chi connectivity index (χ0n) is 18.2. The van der Waals surface area contributed by atoms with Gasteiger partial charge in [-0.2, -0.15) is 0 Å². The van der Waals surface area contributed by atoms with E-state index in [4.69, 9.17) is 26.3 Å². The van der Waals surface area contributed by atoms with E-state index in [9.17, 15) is 0 Å². The summed E-state index contributed by atoms with van der Waals surface area (Å²) in [6.45, 7) is 0. The minimum Gasteiger partial charge on any atom is -0.496 e. The molecule has 0 N–H and O–H groups in total. The van der Waals surface area contributed by atoms with Crippen LogP contribution in [-0.2, 0) is 12.8 Å². The van der Waals surface area contributed by atoms with Gasteiger partial charge in [0.15, 0.2) is 0 Å². The molecule has 0 radical (unpaired) electrons. The molecule has 4 heteroatoms. The van der Waals surface area contributed by atoms with Crippen LogP contribution in [0.3, 0.4) is 0 Å². The number of halogens is 1. The summed E-state index contributed by atoms with van der Waals surface area (Å²) in [6.07, 6.45) is 1.77. The van der Waals surface area contributed by atoms with E-state index in [-0.39, 0.29) is 0 Å². The third-order valence-electron chi connectivity index (χ3n) is 6.33. The second-order valence-corrected chi connectivity index (χ2v) is 8.70. The number of nitrogens with zero attached hydrogens (tertiary/aromatic N) is 2. The van der Waals surface area contributed by atoms with Crippen molar-refractivity contribution in [2.24, 2.45) is 0 Å². The summed E-state index contributed by atoms with van der Waals surface area (Å²) in [7, 11) is 1.72. The molecule has 160 valence electrons. The van der Waals surface area contributed by atoms with E-state index in [1.807, 2.05) is 42.5 Å². The normalized spacial score (nSPS) is 12.3. The van der Waals surface area contributed by atoms with Crippen molar-refractivity contribution in [2.45, 2.75) is 12.8 Å². The summed E-state index contributed by atoms with van der Waals surface area (Å²) in [4.78, 5) is 10.2. The molecule has 3 aromatic carbocycles. The summed E-state index contributed by atoms with van der Waals surface area (Å²) >= 11 is 6.16. The van der Waals surface area contributed by atoms with Crippen LogP contribution in [0.5, 0.6) is 5.75 Å². The molecule has 3 nitrogen and oxygen atoms in total. The molecule has 6 rings (SSSR count). The number of hydrogen-bond acceptors (Lipinski definition) is 3. The largest absolute Gasteiger partial charge is 0.496 e. The van der Waals surface area contributed by atoms with Crippen molar-refractivity contribution in [1.29, 1.82) is 0 Å². The zero-order chi connectivity index (χ0) is 22.4. The van der Waals surface area contributed by atoms with Crippen molar-refractivity contribution in [3.63, 3.8) is 0 Å². The molecule has 0 atom stereocenters. The highest BCUT2D eigenvalue weighted by molar-refractivity contribution is 6.30. The average molecular weight is 449 g/mol. The van der Waals surface area contributed by atoms with E-state index in [0.717, 1.165) is 68.8 Å². The first-order valence-electron chi connectivity index (χ1n) is 11.0.